The lowest BCUT2D eigenvalue weighted by molar-refractivity contribution is 0.203. The van der Waals surface area contributed by atoms with Gasteiger partial charge in [-0.25, -0.2) is 0 Å². The van der Waals surface area contributed by atoms with E-state index >= 15 is 0 Å². The summed E-state index contributed by atoms with van der Waals surface area (Å²) in [5, 5.41) is 29.2. The van der Waals surface area contributed by atoms with Gasteiger partial charge in [-0.2, -0.15) is 4.98 Å². The molecular weight excluding hydrogens is 317 g/mol. The van der Waals surface area contributed by atoms with Crippen molar-refractivity contribution in [2.75, 3.05) is 24.3 Å². The van der Waals surface area contributed by atoms with Gasteiger partial charge in [-0.15, -0.1) is 10.2 Å². The highest BCUT2D eigenvalue weighted by molar-refractivity contribution is 6.43. The number of anilines is 2. The first-order valence-electron chi connectivity index (χ1n) is 5.99. The van der Waals surface area contributed by atoms with Crippen LogP contribution < -0.4 is 11.1 Å². The van der Waals surface area contributed by atoms with E-state index < -0.39 is 6.04 Å². The predicted octanol–water partition coefficient (Wildman–Crippen LogP) is 1.19. The number of nitrogens with zero attached hydrogens (tertiary/aromatic N) is 3. The number of hydrogen-bond donors (Lipinski definition) is 4. The Morgan fingerprint density at radius 3 is 2.52 bits per heavy atom. The van der Waals surface area contributed by atoms with Crippen LogP contribution >= 0.6 is 23.2 Å². The highest BCUT2D eigenvalue weighted by Gasteiger charge is 2.15. The predicted molar refractivity (Wildman–Crippen MR) is 81.3 cm³/mol. The van der Waals surface area contributed by atoms with Gasteiger partial charge in [0, 0.05) is 5.56 Å². The maximum atomic E-state index is 8.99. The Kier molecular flexibility index (Phi) is 5.13. The maximum Gasteiger partial charge on any atom is 0.245 e. The van der Waals surface area contributed by atoms with E-state index in [9.17, 15) is 0 Å². The molecule has 2 aromatic rings. The van der Waals surface area contributed by atoms with Crippen LogP contribution in [0.4, 0.5) is 11.8 Å². The fourth-order valence-electron chi connectivity index (χ4n) is 1.61. The second-order valence-electron chi connectivity index (χ2n) is 4.18. The van der Waals surface area contributed by atoms with Crippen molar-refractivity contribution in [3.8, 4) is 11.3 Å². The van der Waals surface area contributed by atoms with Crippen LogP contribution in [0, 0.1) is 0 Å². The van der Waals surface area contributed by atoms with Gasteiger partial charge in [-0.05, 0) is 6.07 Å². The van der Waals surface area contributed by atoms with E-state index in [4.69, 9.17) is 39.1 Å². The number of rotatable bonds is 5. The first-order chi connectivity index (χ1) is 10.1. The molecule has 0 fully saturated rings. The van der Waals surface area contributed by atoms with Gasteiger partial charge in [0.15, 0.2) is 5.82 Å². The summed E-state index contributed by atoms with van der Waals surface area (Å²) in [6, 6.07) is 4.47. The Hall–Kier alpha value is -1.67. The Morgan fingerprint density at radius 1 is 1.19 bits per heavy atom. The lowest BCUT2D eigenvalue weighted by Crippen LogP contribution is -2.29. The van der Waals surface area contributed by atoms with Crippen molar-refractivity contribution in [2.45, 2.75) is 6.04 Å². The van der Waals surface area contributed by atoms with Crippen molar-refractivity contribution in [1.82, 2.24) is 15.2 Å². The van der Waals surface area contributed by atoms with E-state index in [0.29, 0.717) is 21.3 Å². The average Bonchev–Trinajstić information content (AvgIpc) is 2.48. The summed E-state index contributed by atoms with van der Waals surface area (Å²) in [7, 11) is 0. The quantitative estimate of drug-likeness (QED) is 0.650. The van der Waals surface area contributed by atoms with E-state index in [1.165, 1.54) is 0 Å². The molecule has 0 spiro atoms. The van der Waals surface area contributed by atoms with Gasteiger partial charge in [-0.1, -0.05) is 35.3 Å². The number of benzene rings is 1. The summed E-state index contributed by atoms with van der Waals surface area (Å²) in [5.74, 6) is 0.203. The molecule has 0 unspecified atom stereocenters. The Bertz CT molecular complexity index is 637. The molecule has 0 radical (unpaired) electrons. The fourth-order valence-corrected chi connectivity index (χ4v) is 2.00. The smallest absolute Gasteiger partial charge is 0.245 e. The zero-order valence-electron chi connectivity index (χ0n) is 10.8. The molecule has 0 saturated heterocycles. The third-order valence-corrected chi connectivity index (χ3v) is 3.51. The van der Waals surface area contributed by atoms with Gasteiger partial charge in [0.1, 0.15) is 5.69 Å². The molecule has 21 heavy (non-hydrogen) atoms. The zero-order chi connectivity index (χ0) is 15.4. The normalized spacial score (nSPS) is 10.9. The fraction of sp³-hybridized carbons (Fsp3) is 0.250. The zero-order valence-corrected chi connectivity index (χ0v) is 12.3. The highest BCUT2D eigenvalue weighted by Crippen LogP contribution is 2.34. The summed E-state index contributed by atoms with van der Waals surface area (Å²) in [4.78, 5) is 4.03. The van der Waals surface area contributed by atoms with Crippen LogP contribution in [0.15, 0.2) is 18.2 Å². The molecule has 112 valence electrons. The number of nitrogens with two attached hydrogens (primary N) is 1. The number of aliphatic hydroxyl groups is 2. The minimum absolute atomic E-state index is 0.0995. The van der Waals surface area contributed by atoms with Gasteiger partial charge in [0.05, 0.1) is 29.3 Å². The summed E-state index contributed by atoms with van der Waals surface area (Å²) in [6.07, 6.45) is 0. The summed E-state index contributed by atoms with van der Waals surface area (Å²) in [5.41, 5.74) is 6.68. The van der Waals surface area contributed by atoms with Gasteiger partial charge in [-0.3, -0.25) is 0 Å². The largest absolute Gasteiger partial charge is 0.394 e. The van der Waals surface area contributed by atoms with E-state index in [2.05, 4.69) is 20.5 Å². The number of hydrogen-bond acceptors (Lipinski definition) is 7. The minimum Gasteiger partial charge on any atom is -0.394 e. The molecule has 0 atom stereocenters. The van der Waals surface area contributed by atoms with Crippen LogP contribution in [0.3, 0.4) is 0 Å². The molecule has 1 aromatic carbocycles. The second-order valence-corrected chi connectivity index (χ2v) is 4.96. The molecular formula is C12H13Cl2N5O2. The van der Waals surface area contributed by atoms with Crippen LogP contribution in [-0.4, -0.2) is 44.7 Å². The summed E-state index contributed by atoms with van der Waals surface area (Å²) in [6.45, 7) is -0.552. The van der Waals surface area contributed by atoms with Crippen molar-refractivity contribution < 1.29 is 10.2 Å². The SMILES string of the molecule is Nc1nc(NC(CO)CO)nnc1-c1cccc(Cl)c1Cl. The first kappa shape index (κ1) is 15.7. The van der Waals surface area contributed by atoms with Crippen molar-refractivity contribution in [3.63, 3.8) is 0 Å². The Balaban J connectivity index is 2.33. The van der Waals surface area contributed by atoms with E-state index in [-0.39, 0.29) is 25.0 Å². The molecule has 0 aliphatic heterocycles. The molecule has 0 aliphatic rings. The van der Waals surface area contributed by atoms with Crippen molar-refractivity contribution in [1.29, 1.82) is 0 Å². The number of halogens is 2. The third kappa shape index (κ3) is 3.51. The molecule has 1 heterocycles. The second kappa shape index (κ2) is 6.86. The Labute approximate surface area is 130 Å². The van der Waals surface area contributed by atoms with Crippen LogP contribution in [0.25, 0.3) is 11.3 Å². The molecule has 7 nitrogen and oxygen atoms in total. The average molecular weight is 330 g/mol. The van der Waals surface area contributed by atoms with E-state index in [1.807, 2.05) is 0 Å². The van der Waals surface area contributed by atoms with Gasteiger partial charge < -0.3 is 21.3 Å². The summed E-state index contributed by atoms with van der Waals surface area (Å²) < 4.78 is 0. The highest BCUT2D eigenvalue weighted by atomic mass is 35.5. The summed E-state index contributed by atoms with van der Waals surface area (Å²) >= 11 is 12.0. The number of aliphatic hydroxyl groups excluding tert-OH is 2. The molecule has 0 saturated carbocycles. The molecule has 5 N–H and O–H groups in total. The van der Waals surface area contributed by atoms with Crippen LogP contribution in [0.5, 0.6) is 0 Å². The minimum atomic E-state index is -0.591. The van der Waals surface area contributed by atoms with E-state index in [1.54, 1.807) is 18.2 Å². The standard InChI is InChI=1S/C12H13Cl2N5O2/c13-8-3-1-2-7(9(8)14)10-11(15)17-12(19-18-10)16-6(4-20)5-21/h1-3,6,20-21H,4-5H2,(H3,15,16,17,19). The number of aromatic nitrogens is 3. The molecule has 2 rings (SSSR count). The number of nitrogen functional groups attached to an aromatic ring is 1. The monoisotopic (exact) mass is 329 g/mol. The molecule has 0 bridgehead atoms. The number of nitrogens with one attached hydrogen (secondary N) is 1. The van der Waals surface area contributed by atoms with Crippen LogP contribution in [0.2, 0.25) is 10.0 Å². The van der Waals surface area contributed by atoms with Crippen LogP contribution in [0.1, 0.15) is 0 Å². The molecule has 1 aromatic heterocycles. The third-order valence-electron chi connectivity index (χ3n) is 2.69. The van der Waals surface area contributed by atoms with Crippen molar-refractivity contribution in [2.24, 2.45) is 0 Å². The van der Waals surface area contributed by atoms with Crippen LogP contribution in [-0.2, 0) is 0 Å². The molecule has 0 amide bonds. The van der Waals surface area contributed by atoms with Gasteiger partial charge in [0.25, 0.3) is 0 Å². The topological polar surface area (TPSA) is 117 Å². The van der Waals surface area contributed by atoms with E-state index in [0.717, 1.165) is 0 Å². The maximum absolute atomic E-state index is 8.99. The van der Waals surface area contributed by atoms with Crippen molar-refractivity contribution >= 4 is 35.0 Å². The van der Waals surface area contributed by atoms with Crippen molar-refractivity contribution in [3.05, 3.63) is 28.2 Å². The van der Waals surface area contributed by atoms with Gasteiger partial charge in [0.2, 0.25) is 5.95 Å². The lowest BCUT2D eigenvalue weighted by Gasteiger charge is -2.13. The Morgan fingerprint density at radius 2 is 1.90 bits per heavy atom. The van der Waals surface area contributed by atoms with Gasteiger partial charge >= 0.3 is 0 Å². The first-order valence-corrected chi connectivity index (χ1v) is 6.75. The molecule has 0 aliphatic carbocycles. The molecule has 9 heteroatoms. The lowest BCUT2D eigenvalue weighted by atomic mass is 10.1.